The number of guanidine groups is 1. The maximum absolute atomic E-state index is 11.8. The summed E-state index contributed by atoms with van der Waals surface area (Å²) in [5.41, 5.74) is 7.80. The van der Waals surface area contributed by atoms with E-state index in [2.05, 4.69) is 43.7 Å². The molecule has 1 amide bonds. The van der Waals surface area contributed by atoms with Gasteiger partial charge in [-0.05, 0) is 36.2 Å². The number of rotatable bonds is 7. The fourth-order valence-electron chi connectivity index (χ4n) is 2.07. The van der Waals surface area contributed by atoms with Crippen LogP contribution in [-0.2, 0) is 11.2 Å². The lowest BCUT2D eigenvalue weighted by molar-refractivity contribution is -0.116. The number of amides is 1. The second-order valence-corrected chi connectivity index (χ2v) is 6.15. The van der Waals surface area contributed by atoms with Crippen molar-refractivity contribution in [3.8, 4) is 0 Å². The minimum absolute atomic E-state index is 0.0850. The fraction of sp³-hybridized carbons (Fsp3) is 0.222. The van der Waals surface area contributed by atoms with Crippen molar-refractivity contribution in [1.29, 1.82) is 0 Å². The first-order valence-electron chi connectivity index (χ1n) is 7.76. The Hall–Kier alpha value is -2.34. The maximum Gasteiger partial charge on any atom is 0.226 e. The van der Waals surface area contributed by atoms with Crippen LogP contribution in [0.2, 0.25) is 0 Å². The molecular weight excluding hydrogens is 368 g/mol. The van der Waals surface area contributed by atoms with Gasteiger partial charge < -0.3 is 16.4 Å². The number of aliphatic imine (C=N–C) groups is 1. The summed E-state index contributed by atoms with van der Waals surface area (Å²) in [5, 5.41) is 5.87. The number of nitrogens with two attached hydrogens (primary N) is 1. The number of carbonyl (C=O) groups is 1. The van der Waals surface area contributed by atoms with Gasteiger partial charge in [0.2, 0.25) is 5.91 Å². The number of hydrogen-bond donors (Lipinski definition) is 3. The van der Waals surface area contributed by atoms with Gasteiger partial charge in [0.05, 0.1) is 6.54 Å². The van der Waals surface area contributed by atoms with Gasteiger partial charge in [0.25, 0.3) is 0 Å². The molecular formula is C18H21BrN4O. The molecule has 0 unspecified atom stereocenters. The molecule has 2 aromatic rings. The van der Waals surface area contributed by atoms with Crippen LogP contribution in [0, 0.1) is 0 Å². The normalized spacial score (nSPS) is 11.1. The first-order chi connectivity index (χ1) is 11.6. The first kappa shape index (κ1) is 18.0. The number of halogens is 1. The molecule has 0 fully saturated rings. The Balaban J connectivity index is 1.65. The van der Waals surface area contributed by atoms with E-state index in [1.54, 1.807) is 0 Å². The number of nitrogens with one attached hydrogen (secondary N) is 2. The largest absolute Gasteiger partial charge is 0.370 e. The summed E-state index contributed by atoms with van der Waals surface area (Å²) in [7, 11) is 0. The lowest BCUT2D eigenvalue weighted by Gasteiger charge is -2.06. The van der Waals surface area contributed by atoms with Crippen molar-refractivity contribution in [3.05, 3.63) is 64.6 Å². The Morgan fingerprint density at radius 1 is 1.08 bits per heavy atom. The molecule has 24 heavy (non-hydrogen) atoms. The van der Waals surface area contributed by atoms with Crippen molar-refractivity contribution in [2.24, 2.45) is 10.7 Å². The summed E-state index contributed by atoms with van der Waals surface area (Å²) in [6.45, 7) is 1.07. The minimum atomic E-state index is -0.0850. The molecule has 0 spiro atoms. The average Bonchev–Trinajstić information content (AvgIpc) is 2.58. The molecule has 0 saturated heterocycles. The predicted molar refractivity (Wildman–Crippen MR) is 102 cm³/mol. The number of nitrogens with zero attached hydrogens (tertiary/aromatic N) is 1. The highest BCUT2D eigenvalue weighted by Gasteiger charge is 2.02. The van der Waals surface area contributed by atoms with E-state index in [-0.39, 0.29) is 12.3 Å². The fourth-order valence-corrected chi connectivity index (χ4v) is 2.33. The van der Waals surface area contributed by atoms with Gasteiger partial charge in [-0.1, -0.05) is 46.3 Å². The van der Waals surface area contributed by atoms with E-state index in [0.29, 0.717) is 19.0 Å². The van der Waals surface area contributed by atoms with Gasteiger partial charge in [-0.15, -0.1) is 0 Å². The van der Waals surface area contributed by atoms with Crippen LogP contribution in [0.1, 0.15) is 12.0 Å². The van der Waals surface area contributed by atoms with Crippen LogP contribution in [-0.4, -0.2) is 25.0 Å². The van der Waals surface area contributed by atoms with Crippen molar-refractivity contribution >= 4 is 33.5 Å². The molecule has 0 aliphatic rings. The van der Waals surface area contributed by atoms with Crippen LogP contribution < -0.4 is 16.4 Å². The van der Waals surface area contributed by atoms with Crippen LogP contribution in [0.4, 0.5) is 5.69 Å². The van der Waals surface area contributed by atoms with Gasteiger partial charge in [-0.2, -0.15) is 0 Å². The standard InChI is InChI=1S/C18H21BrN4O/c19-15-6-8-16(9-7-15)23-17(24)11-13-22-18(20)21-12-10-14-4-2-1-3-5-14/h1-9H,10-13H2,(H,23,24)(H3,20,21,22). The minimum Gasteiger partial charge on any atom is -0.370 e. The molecule has 0 aliphatic heterocycles. The van der Waals surface area contributed by atoms with Crippen LogP contribution in [0.25, 0.3) is 0 Å². The quantitative estimate of drug-likeness (QED) is 0.503. The van der Waals surface area contributed by atoms with E-state index in [0.717, 1.165) is 16.6 Å². The van der Waals surface area contributed by atoms with Gasteiger partial charge in [0.1, 0.15) is 0 Å². The number of benzene rings is 2. The maximum atomic E-state index is 11.8. The smallest absolute Gasteiger partial charge is 0.226 e. The van der Waals surface area contributed by atoms with Crippen molar-refractivity contribution in [3.63, 3.8) is 0 Å². The third-order valence-electron chi connectivity index (χ3n) is 3.31. The Labute approximate surface area is 150 Å². The lowest BCUT2D eigenvalue weighted by atomic mass is 10.1. The zero-order valence-electron chi connectivity index (χ0n) is 13.3. The molecule has 5 nitrogen and oxygen atoms in total. The summed E-state index contributed by atoms with van der Waals surface area (Å²) < 4.78 is 0.972. The predicted octanol–water partition coefficient (Wildman–Crippen LogP) is 2.92. The van der Waals surface area contributed by atoms with E-state index >= 15 is 0 Å². The van der Waals surface area contributed by atoms with Crippen LogP contribution in [0.15, 0.2) is 64.1 Å². The Morgan fingerprint density at radius 2 is 1.79 bits per heavy atom. The summed E-state index contributed by atoms with van der Waals surface area (Å²) >= 11 is 3.35. The van der Waals surface area contributed by atoms with E-state index in [1.165, 1.54) is 5.56 Å². The molecule has 0 atom stereocenters. The SMILES string of the molecule is NC(=NCCC(=O)Nc1ccc(Br)cc1)NCCc1ccccc1. The first-order valence-corrected chi connectivity index (χ1v) is 8.56. The molecule has 126 valence electrons. The van der Waals surface area contributed by atoms with Crippen LogP contribution in [0.5, 0.6) is 0 Å². The molecule has 2 rings (SSSR count). The van der Waals surface area contributed by atoms with Gasteiger partial charge in [-0.3, -0.25) is 9.79 Å². The van der Waals surface area contributed by atoms with Gasteiger partial charge in [0, 0.05) is 23.1 Å². The van der Waals surface area contributed by atoms with Gasteiger partial charge in [-0.25, -0.2) is 0 Å². The number of anilines is 1. The van der Waals surface area contributed by atoms with E-state index in [9.17, 15) is 4.79 Å². The molecule has 0 aliphatic carbocycles. The summed E-state index contributed by atoms with van der Waals surface area (Å²) in [6, 6.07) is 17.6. The molecule has 0 radical (unpaired) electrons. The molecule has 0 heterocycles. The monoisotopic (exact) mass is 388 g/mol. The highest BCUT2D eigenvalue weighted by atomic mass is 79.9. The molecule has 6 heteroatoms. The van der Waals surface area contributed by atoms with Crippen molar-refractivity contribution in [1.82, 2.24) is 5.32 Å². The second-order valence-electron chi connectivity index (χ2n) is 5.23. The van der Waals surface area contributed by atoms with Gasteiger partial charge in [0.15, 0.2) is 5.96 Å². The topological polar surface area (TPSA) is 79.5 Å². The Morgan fingerprint density at radius 3 is 2.50 bits per heavy atom. The zero-order valence-corrected chi connectivity index (χ0v) is 14.9. The van der Waals surface area contributed by atoms with Crippen LogP contribution >= 0.6 is 15.9 Å². The molecule has 0 saturated carbocycles. The van der Waals surface area contributed by atoms with E-state index in [4.69, 9.17) is 5.73 Å². The summed E-state index contributed by atoms with van der Waals surface area (Å²) in [5.74, 6) is 0.278. The third kappa shape index (κ3) is 6.83. The van der Waals surface area contributed by atoms with Crippen molar-refractivity contribution in [2.75, 3.05) is 18.4 Å². The zero-order chi connectivity index (χ0) is 17.2. The third-order valence-corrected chi connectivity index (χ3v) is 3.84. The summed E-state index contributed by atoms with van der Waals surface area (Å²) in [6.07, 6.45) is 1.16. The Kier molecular flexibility index (Phi) is 7.29. The second kappa shape index (κ2) is 9.72. The molecule has 0 aromatic heterocycles. The van der Waals surface area contributed by atoms with Gasteiger partial charge >= 0.3 is 0 Å². The molecule has 0 bridgehead atoms. The molecule has 4 N–H and O–H groups in total. The van der Waals surface area contributed by atoms with Crippen LogP contribution in [0.3, 0.4) is 0 Å². The van der Waals surface area contributed by atoms with Crippen molar-refractivity contribution in [2.45, 2.75) is 12.8 Å². The van der Waals surface area contributed by atoms with E-state index in [1.807, 2.05) is 42.5 Å². The number of carbonyl (C=O) groups excluding carboxylic acids is 1. The number of hydrogen-bond acceptors (Lipinski definition) is 2. The summed E-state index contributed by atoms with van der Waals surface area (Å²) in [4.78, 5) is 16.0. The molecule has 2 aromatic carbocycles. The lowest BCUT2D eigenvalue weighted by Crippen LogP contribution is -2.33. The highest BCUT2D eigenvalue weighted by molar-refractivity contribution is 9.10. The highest BCUT2D eigenvalue weighted by Crippen LogP contribution is 2.14. The van der Waals surface area contributed by atoms with Crippen molar-refractivity contribution < 1.29 is 4.79 Å². The van der Waals surface area contributed by atoms with E-state index < -0.39 is 0 Å². The average molecular weight is 389 g/mol. The Bertz CT molecular complexity index is 671.